The molecule has 1 aliphatic heterocycles. The smallest absolute Gasteiger partial charge is 0.226 e. The monoisotopic (exact) mass is 311 g/mol. The van der Waals surface area contributed by atoms with Crippen LogP contribution in [0, 0.1) is 0 Å². The van der Waals surface area contributed by atoms with Gasteiger partial charge < -0.3 is 14.4 Å². The molecule has 0 saturated carbocycles. The lowest BCUT2D eigenvalue weighted by molar-refractivity contribution is -0.133. The third-order valence-corrected chi connectivity index (χ3v) is 3.89. The lowest BCUT2D eigenvalue weighted by Crippen LogP contribution is -2.41. The average molecular weight is 312 g/mol. The van der Waals surface area contributed by atoms with Gasteiger partial charge in [0.15, 0.2) is 0 Å². The van der Waals surface area contributed by atoms with Gasteiger partial charge in [0.05, 0.1) is 26.2 Å². The van der Waals surface area contributed by atoms with Crippen LogP contribution in [0.1, 0.15) is 18.4 Å². The molecule has 1 fully saturated rings. The van der Waals surface area contributed by atoms with E-state index >= 15 is 0 Å². The van der Waals surface area contributed by atoms with Gasteiger partial charge in [-0.05, 0) is 30.5 Å². The molecule has 4 nitrogen and oxygen atoms in total. The van der Waals surface area contributed by atoms with E-state index in [9.17, 15) is 4.79 Å². The van der Waals surface area contributed by atoms with Crippen LogP contribution in [0.4, 0.5) is 0 Å². The van der Waals surface area contributed by atoms with Gasteiger partial charge in [0.25, 0.3) is 0 Å². The van der Waals surface area contributed by atoms with Crippen molar-refractivity contribution in [3.8, 4) is 5.75 Å². The van der Waals surface area contributed by atoms with Gasteiger partial charge in [-0.3, -0.25) is 4.79 Å². The highest BCUT2D eigenvalue weighted by molar-refractivity contribution is 6.17. The van der Waals surface area contributed by atoms with E-state index in [0.717, 1.165) is 37.2 Å². The first-order valence-electron chi connectivity index (χ1n) is 7.31. The number of rotatable bonds is 6. The van der Waals surface area contributed by atoms with Gasteiger partial charge in [-0.15, -0.1) is 11.6 Å². The molecule has 1 aromatic rings. The Morgan fingerprint density at radius 3 is 2.52 bits per heavy atom. The molecule has 0 aromatic heterocycles. The molecule has 0 atom stereocenters. The first-order chi connectivity index (χ1) is 10.2. The lowest BCUT2D eigenvalue weighted by atomic mass is 10.1. The van der Waals surface area contributed by atoms with Gasteiger partial charge >= 0.3 is 0 Å². The average Bonchev–Trinajstić information content (AvgIpc) is 2.54. The minimum atomic E-state index is 0.177. The Morgan fingerprint density at radius 2 is 1.95 bits per heavy atom. The lowest BCUT2D eigenvalue weighted by Gasteiger charge is -2.32. The molecule has 116 valence electrons. The number of hydrogen-bond acceptors (Lipinski definition) is 3. The number of likely N-dealkylation sites (tertiary alicyclic amines) is 1. The van der Waals surface area contributed by atoms with E-state index in [0.29, 0.717) is 18.9 Å². The maximum absolute atomic E-state index is 12.3. The number of piperidine rings is 1. The number of nitrogens with zero attached hydrogens (tertiary/aromatic N) is 1. The molecule has 1 aliphatic rings. The Labute approximate surface area is 131 Å². The molecule has 0 unspecified atom stereocenters. The molecule has 0 bridgehead atoms. The zero-order valence-corrected chi connectivity index (χ0v) is 13.1. The largest absolute Gasteiger partial charge is 0.497 e. The summed E-state index contributed by atoms with van der Waals surface area (Å²) in [5, 5.41) is 0. The molecular weight excluding hydrogens is 290 g/mol. The summed E-state index contributed by atoms with van der Waals surface area (Å²) in [5.41, 5.74) is 1.02. The second kappa shape index (κ2) is 8.25. The van der Waals surface area contributed by atoms with Crippen molar-refractivity contribution in [3.05, 3.63) is 29.8 Å². The van der Waals surface area contributed by atoms with Crippen LogP contribution in [-0.2, 0) is 16.0 Å². The Kier molecular flexibility index (Phi) is 6.33. The SMILES string of the molecule is COc1ccc(CC(=O)N2CCC(OCCCl)CC2)cc1. The summed E-state index contributed by atoms with van der Waals surface area (Å²) in [6.45, 7) is 2.12. The summed E-state index contributed by atoms with van der Waals surface area (Å²) >= 11 is 5.61. The Hall–Kier alpha value is -1.26. The van der Waals surface area contributed by atoms with Gasteiger partial charge in [-0.2, -0.15) is 0 Å². The minimum absolute atomic E-state index is 0.177. The van der Waals surface area contributed by atoms with Crippen molar-refractivity contribution in [2.45, 2.75) is 25.4 Å². The van der Waals surface area contributed by atoms with Gasteiger partial charge in [0, 0.05) is 19.0 Å². The first kappa shape index (κ1) is 16.1. The summed E-state index contributed by atoms with van der Waals surface area (Å²) in [6, 6.07) is 7.64. The van der Waals surface area contributed by atoms with Gasteiger partial charge in [0.1, 0.15) is 5.75 Å². The van der Waals surface area contributed by atoms with Crippen molar-refractivity contribution >= 4 is 17.5 Å². The molecule has 5 heteroatoms. The van der Waals surface area contributed by atoms with E-state index < -0.39 is 0 Å². The van der Waals surface area contributed by atoms with Crippen molar-refractivity contribution in [3.63, 3.8) is 0 Å². The third-order valence-electron chi connectivity index (χ3n) is 3.74. The number of alkyl halides is 1. The van der Waals surface area contributed by atoms with Crippen molar-refractivity contribution in [2.24, 2.45) is 0 Å². The Bertz CT molecular complexity index is 441. The number of hydrogen-bond donors (Lipinski definition) is 0. The molecule has 0 aliphatic carbocycles. The fourth-order valence-electron chi connectivity index (χ4n) is 2.51. The van der Waals surface area contributed by atoms with E-state index in [1.165, 1.54) is 0 Å². The second-order valence-electron chi connectivity index (χ2n) is 5.16. The van der Waals surface area contributed by atoms with Gasteiger partial charge in [0.2, 0.25) is 5.91 Å². The number of halogens is 1. The van der Waals surface area contributed by atoms with Gasteiger partial charge in [-0.1, -0.05) is 12.1 Å². The minimum Gasteiger partial charge on any atom is -0.497 e. The highest BCUT2D eigenvalue weighted by Gasteiger charge is 2.23. The third kappa shape index (κ3) is 4.90. The second-order valence-corrected chi connectivity index (χ2v) is 5.54. The standard InChI is InChI=1S/C16H22ClNO3/c1-20-14-4-2-13(3-5-14)12-16(19)18-9-6-15(7-10-18)21-11-8-17/h2-5,15H,6-12H2,1H3. The quantitative estimate of drug-likeness (QED) is 0.758. The number of amides is 1. The van der Waals surface area contributed by atoms with E-state index in [2.05, 4.69) is 0 Å². The summed E-state index contributed by atoms with van der Waals surface area (Å²) in [5.74, 6) is 1.51. The van der Waals surface area contributed by atoms with E-state index in [-0.39, 0.29) is 12.0 Å². The number of methoxy groups -OCH3 is 1. The van der Waals surface area contributed by atoms with Crippen molar-refractivity contribution in [2.75, 3.05) is 32.7 Å². The van der Waals surface area contributed by atoms with Crippen LogP contribution in [0.25, 0.3) is 0 Å². The maximum Gasteiger partial charge on any atom is 0.226 e. The number of carbonyl (C=O) groups excluding carboxylic acids is 1. The number of benzene rings is 1. The predicted octanol–water partition coefficient (Wildman–Crippen LogP) is 2.48. The summed E-state index contributed by atoms with van der Waals surface area (Å²) in [6.07, 6.45) is 2.47. The Morgan fingerprint density at radius 1 is 1.29 bits per heavy atom. The zero-order valence-electron chi connectivity index (χ0n) is 12.4. The molecule has 1 saturated heterocycles. The topological polar surface area (TPSA) is 38.8 Å². The van der Waals surface area contributed by atoms with Crippen molar-refractivity contribution in [1.29, 1.82) is 0 Å². The molecule has 1 heterocycles. The maximum atomic E-state index is 12.3. The number of carbonyl (C=O) groups is 1. The van der Waals surface area contributed by atoms with Crippen molar-refractivity contribution < 1.29 is 14.3 Å². The molecular formula is C16H22ClNO3. The van der Waals surface area contributed by atoms with Crippen LogP contribution in [0.15, 0.2) is 24.3 Å². The van der Waals surface area contributed by atoms with E-state index in [4.69, 9.17) is 21.1 Å². The summed E-state index contributed by atoms with van der Waals surface area (Å²) in [4.78, 5) is 14.2. The van der Waals surface area contributed by atoms with Crippen LogP contribution in [0.5, 0.6) is 5.75 Å². The summed E-state index contributed by atoms with van der Waals surface area (Å²) in [7, 11) is 1.64. The fraction of sp³-hybridized carbons (Fsp3) is 0.562. The summed E-state index contributed by atoms with van der Waals surface area (Å²) < 4.78 is 10.7. The normalized spacial score (nSPS) is 16.0. The molecule has 0 radical (unpaired) electrons. The van der Waals surface area contributed by atoms with Crippen LogP contribution in [-0.4, -0.2) is 49.6 Å². The van der Waals surface area contributed by atoms with Crippen LogP contribution < -0.4 is 4.74 Å². The molecule has 21 heavy (non-hydrogen) atoms. The first-order valence-corrected chi connectivity index (χ1v) is 7.84. The van der Waals surface area contributed by atoms with Crippen LogP contribution in [0.2, 0.25) is 0 Å². The molecule has 2 rings (SSSR count). The van der Waals surface area contributed by atoms with Crippen LogP contribution >= 0.6 is 11.6 Å². The molecule has 0 spiro atoms. The van der Waals surface area contributed by atoms with Gasteiger partial charge in [-0.25, -0.2) is 0 Å². The number of ether oxygens (including phenoxy) is 2. The highest BCUT2D eigenvalue weighted by Crippen LogP contribution is 2.16. The van der Waals surface area contributed by atoms with E-state index in [1.54, 1.807) is 7.11 Å². The van der Waals surface area contributed by atoms with E-state index in [1.807, 2.05) is 29.2 Å². The van der Waals surface area contributed by atoms with Crippen molar-refractivity contribution in [1.82, 2.24) is 4.90 Å². The predicted molar refractivity (Wildman–Crippen MR) is 83.0 cm³/mol. The molecule has 0 N–H and O–H groups in total. The zero-order chi connectivity index (χ0) is 15.1. The Balaban J connectivity index is 1.78. The molecule has 1 aromatic carbocycles. The molecule has 1 amide bonds. The fourth-order valence-corrected chi connectivity index (χ4v) is 2.60. The highest BCUT2D eigenvalue weighted by atomic mass is 35.5. The van der Waals surface area contributed by atoms with Crippen LogP contribution in [0.3, 0.4) is 0 Å².